The van der Waals surface area contributed by atoms with Gasteiger partial charge in [-0.2, -0.15) is 4.68 Å². The molecule has 2 amide bonds. The Morgan fingerprint density at radius 2 is 1.95 bits per heavy atom. The highest BCUT2D eigenvalue weighted by Gasteiger charge is 2.23. The largest absolute Gasteiger partial charge is 0.480 e. The highest BCUT2D eigenvalue weighted by atomic mass is 35.5. The Kier molecular flexibility index (Phi) is 9.45. The molecule has 1 aliphatic rings. The number of halogens is 1. The van der Waals surface area contributed by atoms with Gasteiger partial charge in [-0.3, -0.25) is 15.1 Å². The van der Waals surface area contributed by atoms with Gasteiger partial charge in [-0.05, 0) is 77.4 Å². The Hall–Kier alpha value is -5.30. The minimum absolute atomic E-state index is 0.346. The number of methoxy groups -OCH3 is 1. The molecule has 2 atom stereocenters. The van der Waals surface area contributed by atoms with Crippen molar-refractivity contribution in [1.82, 2.24) is 30.5 Å². The van der Waals surface area contributed by atoms with Crippen molar-refractivity contribution in [3.05, 3.63) is 83.4 Å². The van der Waals surface area contributed by atoms with Gasteiger partial charge in [0.25, 0.3) is 0 Å². The minimum atomic E-state index is -0.994. The Labute approximate surface area is 257 Å². The quantitative estimate of drug-likeness (QED) is 0.219. The van der Waals surface area contributed by atoms with Gasteiger partial charge in [0.15, 0.2) is 0 Å². The lowest BCUT2D eigenvalue weighted by Crippen LogP contribution is -2.30. The van der Waals surface area contributed by atoms with Crippen LogP contribution in [0.15, 0.2) is 67.1 Å². The number of carbonyl (C=O) groups excluding carboxylic acids is 2. The number of anilines is 2. The summed E-state index contributed by atoms with van der Waals surface area (Å²) in [5, 5.41) is 30.5. The zero-order valence-corrected chi connectivity index (χ0v) is 24.4. The maximum absolute atomic E-state index is 13.2. The number of hydrogen-bond acceptors (Lipinski definition) is 9. The second kappa shape index (κ2) is 13.8. The first-order chi connectivity index (χ1) is 21.3. The molecular formula is C30H29ClN8O5. The molecular weight excluding hydrogens is 588 g/mol. The number of hydrogen-bond donors (Lipinski definition) is 4. The van der Waals surface area contributed by atoms with E-state index in [0.29, 0.717) is 64.6 Å². The number of rotatable bonds is 6. The van der Waals surface area contributed by atoms with Crippen LogP contribution in [-0.4, -0.2) is 61.4 Å². The molecule has 44 heavy (non-hydrogen) atoms. The number of carboxylic acid groups (broad SMARTS) is 1. The molecule has 0 fully saturated rings. The average molecular weight is 617 g/mol. The molecule has 2 bridgehead atoms. The Bertz CT molecular complexity index is 1690. The first-order valence-corrected chi connectivity index (χ1v) is 14.1. The molecule has 0 spiro atoms. The summed E-state index contributed by atoms with van der Waals surface area (Å²) in [6.07, 6.45) is 7.61. The van der Waals surface area contributed by atoms with Gasteiger partial charge in [0.1, 0.15) is 12.4 Å². The van der Waals surface area contributed by atoms with E-state index in [0.717, 1.165) is 5.56 Å². The van der Waals surface area contributed by atoms with Crippen LogP contribution in [0.1, 0.15) is 43.0 Å². The number of pyridine rings is 1. The maximum Gasteiger partial charge on any atom is 0.411 e. The lowest BCUT2D eigenvalue weighted by atomic mass is 9.96. The van der Waals surface area contributed by atoms with E-state index in [-0.39, 0.29) is 5.91 Å². The fourth-order valence-corrected chi connectivity index (χ4v) is 5.11. The molecule has 13 nitrogen and oxygen atoms in total. The van der Waals surface area contributed by atoms with Crippen LogP contribution in [0.2, 0.25) is 5.02 Å². The molecule has 0 saturated carbocycles. The molecule has 4 aromatic rings. The molecule has 1 aliphatic heterocycles. The van der Waals surface area contributed by atoms with Gasteiger partial charge in [0.2, 0.25) is 5.91 Å². The second-order valence-corrected chi connectivity index (χ2v) is 10.5. The third kappa shape index (κ3) is 7.36. The molecule has 0 unspecified atom stereocenters. The van der Waals surface area contributed by atoms with Crippen LogP contribution in [0.3, 0.4) is 0 Å². The molecule has 5 rings (SSSR count). The molecule has 0 radical (unpaired) electrons. The number of fused-ring (bicyclic) bond motifs is 4. The van der Waals surface area contributed by atoms with Crippen LogP contribution in [-0.2, 0) is 14.3 Å². The zero-order chi connectivity index (χ0) is 31.1. The number of tetrazole rings is 1. The van der Waals surface area contributed by atoms with Gasteiger partial charge >= 0.3 is 12.1 Å². The fourth-order valence-electron chi connectivity index (χ4n) is 4.93. The smallest absolute Gasteiger partial charge is 0.411 e. The van der Waals surface area contributed by atoms with E-state index in [2.05, 4.69) is 36.5 Å². The lowest BCUT2D eigenvalue weighted by molar-refractivity contribution is -0.138. The van der Waals surface area contributed by atoms with E-state index in [1.54, 1.807) is 54.7 Å². The summed E-state index contributed by atoms with van der Waals surface area (Å²) in [6.45, 7) is 0. The molecule has 3 heterocycles. The van der Waals surface area contributed by atoms with Gasteiger partial charge in [0, 0.05) is 39.8 Å². The van der Waals surface area contributed by atoms with Gasteiger partial charge in [-0.15, -0.1) is 5.10 Å². The SMILES string of the molecule is COC(=O)Nc1ccc2c(c1)N[C@@H](C(=O)O)CCCC[C@H](NC(=O)/C=C/c1cc(Cl)ccc1-n1cnnn1)c1cc-2ccn1. The Morgan fingerprint density at radius 3 is 2.73 bits per heavy atom. The first kappa shape index (κ1) is 30.2. The summed E-state index contributed by atoms with van der Waals surface area (Å²) in [7, 11) is 1.26. The molecule has 4 N–H and O–H groups in total. The lowest BCUT2D eigenvalue weighted by Gasteiger charge is -2.23. The summed E-state index contributed by atoms with van der Waals surface area (Å²) in [6, 6.07) is 12.7. The van der Waals surface area contributed by atoms with E-state index in [1.807, 2.05) is 6.07 Å². The van der Waals surface area contributed by atoms with Crippen LogP contribution in [0.5, 0.6) is 0 Å². The highest BCUT2D eigenvalue weighted by molar-refractivity contribution is 6.30. The van der Waals surface area contributed by atoms with Gasteiger partial charge in [0.05, 0.1) is 24.5 Å². The van der Waals surface area contributed by atoms with Crippen molar-refractivity contribution in [2.45, 2.75) is 37.8 Å². The molecule has 2 aromatic carbocycles. The van der Waals surface area contributed by atoms with Gasteiger partial charge in [-0.25, -0.2) is 9.59 Å². The number of nitrogens with one attached hydrogen (secondary N) is 3. The van der Waals surface area contributed by atoms with Crippen LogP contribution in [0, 0.1) is 0 Å². The van der Waals surface area contributed by atoms with Gasteiger partial charge in [-0.1, -0.05) is 30.5 Å². The maximum atomic E-state index is 13.2. The van der Waals surface area contributed by atoms with Crippen molar-refractivity contribution in [1.29, 1.82) is 0 Å². The van der Waals surface area contributed by atoms with Crippen molar-refractivity contribution in [2.75, 3.05) is 17.7 Å². The molecule has 0 aliphatic carbocycles. The van der Waals surface area contributed by atoms with Crippen molar-refractivity contribution >= 4 is 47.0 Å². The van der Waals surface area contributed by atoms with E-state index in [9.17, 15) is 19.5 Å². The number of aliphatic carboxylic acids is 1. The topological polar surface area (TPSA) is 173 Å². The standard InChI is InChI=1S/C30H29ClN8O5/c1-44-30(43)34-21-8-9-22-18-12-13-32-26(15-18)23(4-2-3-5-24(29(41)42)35-25(22)16-21)36-28(40)11-6-19-14-20(31)7-10-27(19)39-17-33-37-38-39/h6-17,23-24,35H,2-5H2,1H3,(H,34,43)(H,36,40)(H,41,42)/b11-6+/t23-,24+/m0/s1. The Morgan fingerprint density at radius 1 is 1.11 bits per heavy atom. The zero-order valence-electron chi connectivity index (χ0n) is 23.6. The number of carbonyl (C=O) groups is 3. The monoisotopic (exact) mass is 616 g/mol. The molecule has 226 valence electrons. The summed E-state index contributed by atoms with van der Waals surface area (Å²) in [5.41, 5.74) is 4.36. The number of aromatic nitrogens is 5. The van der Waals surface area contributed by atoms with E-state index in [4.69, 9.17) is 16.3 Å². The van der Waals surface area contributed by atoms with Crippen molar-refractivity contribution in [2.24, 2.45) is 0 Å². The molecule has 14 heteroatoms. The number of nitrogens with zero attached hydrogens (tertiary/aromatic N) is 5. The first-order valence-electron chi connectivity index (χ1n) is 13.8. The van der Waals surface area contributed by atoms with E-state index >= 15 is 0 Å². The van der Waals surface area contributed by atoms with Crippen molar-refractivity contribution in [3.8, 4) is 16.8 Å². The molecule has 2 aromatic heterocycles. The number of amides is 2. The van der Waals surface area contributed by atoms with Crippen LogP contribution >= 0.6 is 11.6 Å². The fraction of sp³-hybridized carbons (Fsp3) is 0.233. The summed E-state index contributed by atoms with van der Waals surface area (Å²) < 4.78 is 6.17. The predicted molar refractivity (Wildman–Crippen MR) is 163 cm³/mol. The summed E-state index contributed by atoms with van der Waals surface area (Å²) >= 11 is 6.21. The normalized spacial score (nSPS) is 16.5. The third-order valence-corrected chi connectivity index (χ3v) is 7.32. The summed E-state index contributed by atoms with van der Waals surface area (Å²) in [4.78, 5) is 41.7. The highest BCUT2D eigenvalue weighted by Crippen LogP contribution is 2.34. The second-order valence-electron chi connectivity index (χ2n) is 10.0. The van der Waals surface area contributed by atoms with Crippen LogP contribution < -0.4 is 16.0 Å². The van der Waals surface area contributed by atoms with Crippen molar-refractivity contribution in [3.63, 3.8) is 0 Å². The number of ether oxygens (including phenoxy) is 1. The average Bonchev–Trinajstić information content (AvgIpc) is 3.55. The van der Waals surface area contributed by atoms with Gasteiger partial charge < -0.3 is 20.5 Å². The summed E-state index contributed by atoms with van der Waals surface area (Å²) in [5.74, 6) is -1.34. The number of carboxylic acids is 1. The van der Waals surface area contributed by atoms with Crippen molar-refractivity contribution < 1.29 is 24.2 Å². The number of benzene rings is 2. The van der Waals surface area contributed by atoms with E-state index < -0.39 is 24.1 Å². The van der Waals surface area contributed by atoms with E-state index in [1.165, 1.54) is 24.2 Å². The predicted octanol–water partition coefficient (Wildman–Crippen LogP) is 4.87. The van der Waals surface area contributed by atoms with Crippen LogP contribution in [0.4, 0.5) is 16.2 Å². The minimum Gasteiger partial charge on any atom is -0.480 e. The molecule has 0 saturated heterocycles. The third-order valence-electron chi connectivity index (χ3n) is 7.08. The van der Waals surface area contributed by atoms with Crippen LogP contribution in [0.25, 0.3) is 22.9 Å². The Balaban J connectivity index is 1.44.